The van der Waals surface area contributed by atoms with Crippen molar-refractivity contribution in [2.75, 3.05) is 20.2 Å². The van der Waals surface area contributed by atoms with E-state index in [1.165, 1.54) is 0 Å². The van der Waals surface area contributed by atoms with Gasteiger partial charge < -0.3 is 15.8 Å². The Morgan fingerprint density at radius 2 is 2.14 bits per heavy atom. The summed E-state index contributed by atoms with van der Waals surface area (Å²) in [6, 6.07) is 0. The summed E-state index contributed by atoms with van der Waals surface area (Å²) in [4.78, 5) is 11.2. The van der Waals surface area contributed by atoms with E-state index < -0.39 is 0 Å². The number of carbonyl (C=O) groups is 1. The lowest BCUT2D eigenvalue weighted by Crippen LogP contribution is -2.31. The maximum Gasteiger partial charge on any atom is 0.220 e. The Labute approximate surface area is 86.2 Å². The van der Waals surface area contributed by atoms with Crippen LogP contribution < -0.4 is 11.1 Å². The highest BCUT2D eigenvalue weighted by Gasteiger charge is 2.03. The molecular formula is C10H22N2O2. The molecule has 4 nitrogen and oxygen atoms in total. The number of methoxy groups -OCH3 is 1. The first-order valence-corrected chi connectivity index (χ1v) is 5.20. The van der Waals surface area contributed by atoms with Crippen molar-refractivity contribution in [3.05, 3.63) is 0 Å². The average molecular weight is 202 g/mol. The van der Waals surface area contributed by atoms with Gasteiger partial charge in [0.05, 0.1) is 6.10 Å². The summed E-state index contributed by atoms with van der Waals surface area (Å²) in [5, 5.41) is 2.82. The van der Waals surface area contributed by atoms with Gasteiger partial charge in [0.1, 0.15) is 0 Å². The van der Waals surface area contributed by atoms with Gasteiger partial charge in [-0.05, 0) is 26.3 Å². The maximum atomic E-state index is 11.2. The van der Waals surface area contributed by atoms with Crippen LogP contribution in [0.4, 0.5) is 0 Å². The monoisotopic (exact) mass is 202 g/mol. The fourth-order valence-corrected chi connectivity index (χ4v) is 1.04. The fraction of sp³-hybridized carbons (Fsp3) is 0.900. The van der Waals surface area contributed by atoms with E-state index in [0.717, 1.165) is 19.3 Å². The minimum absolute atomic E-state index is 0.0861. The second kappa shape index (κ2) is 8.97. The molecule has 0 saturated heterocycles. The summed E-state index contributed by atoms with van der Waals surface area (Å²) in [5.74, 6) is 0.103. The minimum atomic E-state index is 0.0861. The maximum absolute atomic E-state index is 11.2. The van der Waals surface area contributed by atoms with Crippen LogP contribution >= 0.6 is 0 Å². The molecule has 84 valence electrons. The van der Waals surface area contributed by atoms with E-state index >= 15 is 0 Å². The molecule has 0 aromatic carbocycles. The summed E-state index contributed by atoms with van der Waals surface area (Å²) < 4.78 is 5.01. The molecule has 0 fully saturated rings. The Balaban J connectivity index is 3.28. The van der Waals surface area contributed by atoms with Crippen molar-refractivity contribution in [1.29, 1.82) is 0 Å². The number of carbonyl (C=O) groups excluding carboxylic acids is 1. The molecule has 0 aromatic rings. The van der Waals surface area contributed by atoms with Gasteiger partial charge in [-0.25, -0.2) is 0 Å². The molecule has 0 aliphatic rings. The zero-order valence-corrected chi connectivity index (χ0v) is 9.21. The Morgan fingerprint density at radius 3 is 2.71 bits per heavy atom. The summed E-state index contributed by atoms with van der Waals surface area (Å²) in [6.07, 6.45) is 3.63. The Morgan fingerprint density at radius 1 is 1.43 bits per heavy atom. The second-order valence-corrected chi connectivity index (χ2v) is 3.45. The lowest BCUT2D eigenvalue weighted by molar-refractivity contribution is -0.121. The lowest BCUT2D eigenvalue weighted by Gasteiger charge is -2.10. The summed E-state index contributed by atoms with van der Waals surface area (Å²) in [7, 11) is 1.64. The molecular weight excluding hydrogens is 180 g/mol. The van der Waals surface area contributed by atoms with Crippen molar-refractivity contribution >= 4 is 5.91 Å². The van der Waals surface area contributed by atoms with Gasteiger partial charge in [0.25, 0.3) is 0 Å². The number of nitrogens with two attached hydrogens (primary N) is 1. The normalized spacial score (nSPS) is 12.5. The van der Waals surface area contributed by atoms with Crippen molar-refractivity contribution in [3.8, 4) is 0 Å². The molecule has 1 amide bonds. The van der Waals surface area contributed by atoms with Crippen LogP contribution in [0.3, 0.4) is 0 Å². The van der Waals surface area contributed by atoms with Crippen LogP contribution in [0.15, 0.2) is 0 Å². The zero-order valence-electron chi connectivity index (χ0n) is 9.21. The van der Waals surface area contributed by atoms with Crippen molar-refractivity contribution in [1.82, 2.24) is 5.32 Å². The van der Waals surface area contributed by atoms with Gasteiger partial charge in [-0.3, -0.25) is 4.79 Å². The van der Waals surface area contributed by atoms with Gasteiger partial charge >= 0.3 is 0 Å². The van der Waals surface area contributed by atoms with Crippen LogP contribution in [0.25, 0.3) is 0 Å². The number of unbranched alkanes of at least 4 members (excludes halogenated alkanes) is 2. The SMILES string of the molecule is COC(C)CNC(=O)CCCCCN. The fourth-order valence-electron chi connectivity index (χ4n) is 1.04. The number of hydrogen-bond donors (Lipinski definition) is 2. The Kier molecular flexibility index (Phi) is 8.57. The Bertz CT molecular complexity index is 151. The molecule has 1 atom stereocenters. The smallest absolute Gasteiger partial charge is 0.220 e. The molecule has 0 heterocycles. The van der Waals surface area contributed by atoms with Gasteiger partial charge in [-0.1, -0.05) is 6.42 Å². The molecule has 3 N–H and O–H groups in total. The number of rotatable bonds is 8. The number of ether oxygens (including phenoxy) is 1. The molecule has 0 radical (unpaired) electrons. The molecule has 0 aliphatic heterocycles. The molecule has 0 saturated carbocycles. The molecule has 0 bridgehead atoms. The van der Waals surface area contributed by atoms with E-state index in [1.54, 1.807) is 7.11 Å². The topological polar surface area (TPSA) is 64.3 Å². The molecule has 1 unspecified atom stereocenters. The van der Waals surface area contributed by atoms with Crippen molar-refractivity contribution < 1.29 is 9.53 Å². The summed E-state index contributed by atoms with van der Waals surface area (Å²) in [6.45, 7) is 3.23. The van der Waals surface area contributed by atoms with E-state index in [4.69, 9.17) is 10.5 Å². The van der Waals surface area contributed by atoms with E-state index in [9.17, 15) is 4.79 Å². The van der Waals surface area contributed by atoms with Gasteiger partial charge in [0.15, 0.2) is 0 Å². The van der Waals surface area contributed by atoms with Crippen molar-refractivity contribution in [3.63, 3.8) is 0 Å². The van der Waals surface area contributed by atoms with Crippen LogP contribution in [-0.4, -0.2) is 32.2 Å². The predicted molar refractivity (Wildman–Crippen MR) is 57.0 cm³/mol. The van der Waals surface area contributed by atoms with Gasteiger partial charge in [0.2, 0.25) is 5.91 Å². The highest BCUT2D eigenvalue weighted by Crippen LogP contribution is 1.98. The summed E-state index contributed by atoms with van der Waals surface area (Å²) >= 11 is 0. The number of amides is 1. The minimum Gasteiger partial charge on any atom is -0.380 e. The van der Waals surface area contributed by atoms with Crippen LogP contribution in [0, 0.1) is 0 Å². The molecule has 0 aliphatic carbocycles. The first-order chi connectivity index (χ1) is 6.70. The molecule has 14 heavy (non-hydrogen) atoms. The van der Waals surface area contributed by atoms with Gasteiger partial charge in [0, 0.05) is 20.1 Å². The third-order valence-corrected chi connectivity index (χ3v) is 2.10. The molecule has 0 rings (SSSR count). The first kappa shape index (κ1) is 13.4. The highest BCUT2D eigenvalue weighted by molar-refractivity contribution is 5.75. The number of hydrogen-bond acceptors (Lipinski definition) is 3. The zero-order chi connectivity index (χ0) is 10.8. The largest absolute Gasteiger partial charge is 0.380 e. The van der Waals surface area contributed by atoms with E-state index in [0.29, 0.717) is 19.5 Å². The van der Waals surface area contributed by atoms with Crippen LogP contribution in [0.5, 0.6) is 0 Å². The number of nitrogens with one attached hydrogen (secondary N) is 1. The molecule has 0 spiro atoms. The van der Waals surface area contributed by atoms with Crippen LogP contribution in [0.1, 0.15) is 32.6 Å². The Hall–Kier alpha value is -0.610. The molecule has 0 aromatic heterocycles. The average Bonchev–Trinajstić information content (AvgIpc) is 2.21. The highest BCUT2D eigenvalue weighted by atomic mass is 16.5. The van der Waals surface area contributed by atoms with Gasteiger partial charge in [-0.15, -0.1) is 0 Å². The quantitative estimate of drug-likeness (QED) is 0.568. The van der Waals surface area contributed by atoms with E-state index in [2.05, 4.69) is 5.32 Å². The first-order valence-electron chi connectivity index (χ1n) is 5.20. The summed E-state index contributed by atoms with van der Waals surface area (Å²) in [5.41, 5.74) is 5.34. The molecule has 4 heteroatoms. The predicted octanol–water partition coefficient (Wildman–Crippen LogP) is 0.657. The van der Waals surface area contributed by atoms with Crippen molar-refractivity contribution in [2.24, 2.45) is 5.73 Å². The lowest BCUT2D eigenvalue weighted by atomic mass is 10.2. The standard InChI is InChI=1S/C10H22N2O2/c1-9(14-2)8-12-10(13)6-4-3-5-7-11/h9H,3-8,11H2,1-2H3,(H,12,13). The second-order valence-electron chi connectivity index (χ2n) is 3.45. The third kappa shape index (κ3) is 8.01. The van der Waals surface area contributed by atoms with E-state index in [1.807, 2.05) is 6.92 Å². The third-order valence-electron chi connectivity index (χ3n) is 2.10. The van der Waals surface area contributed by atoms with Gasteiger partial charge in [-0.2, -0.15) is 0 Å². The van der Waals surface area contributed by atoms with Crippen LogP contribution in [-0.2, 0) is 9.53 Å². The van der Waals surface area contributed by atoms with Crippen molar-refractivity contribution in [2.45, 2.75) is 38.7 Å². The van der Waals surface area contributed by atoms with E-state index in [-0.39, 0.29) is 12.0 Å². The van der Waals surface area contributed by atoms with Crippen LogP contribution in [0.2, 0.25) is 0 Å².